The standard InChI is InChI=1S/C16H28N2O3/c1-13-7-5-6-8-15(13)21-10-14(19)9-17-11-16(2,20)12-18(3)4/h5-8,14,17,19-20H,9-12H2,1-4H3. The Morgan fingerprint density at radius 3 is 2.62 bits per heavy atom. The van der Waals surface area contributed by atoms with E-state index in [0.29, 0.717) is 19.6 Å². The molecule has 0 saturated heterocycles. The molecule has 0 amide bonds. The van der Waals surface area contributed by atoms with Crippen molar-refractivity contribution in [2.45, 2.75) is 25.6 Å². The topological polar surface area (TPSA) is 65.0 Å². The minimum absolute atomic E-state index is 0.230. The monoisotopic (exact) mass is 296 g/mol. The van der Waals surface area contributed by atoms with E-state index in [2.05, 4.69) is 5.32 Å². The number of nitrogens with zero attached hydrogens (tertiary/aromatic N) is 1. The molecule has 2 unspecified atom stereocenters. The zero-order valence-electron chi connectivity index (χ0n) is 13.5. The molecular formula is C16H28N2O3. The zero-order chi connectivity index (χ0) is 15.9. The Bertz CT molecular complexity index is 422. The van der Waals surface area contributed by atoms with Crippen molar-refractivity contribution in [3.8, 4) is 5.75 Å². The second-order valence-electron chi connectivity index (χ2n) is 6.10. The average Bonchev–Trinajstić information content (AvgIpc) is 2.36. The van der Waals surface area contributed by atoms with Gasteiger partial charge < -0.3 is 25.2 Å². The van der Waals surface area contributed by atoms with Crippen molar-refractivity contribution < 1.29 is 14.9 Å². The lowest BCUT2D eigenvalue weighted by molar-refractivity contribution is 0.0286. The third-order valence-electron chi connectivity index (χ3n) is 3.07. The number of para-hydroxylation sites is 1. The van der Waals surface area contributed by atoms with Crippen LogP contribution in [0.2, 0.25) is 0 Å². The fourth-order valence-corrected chi connectivity index (χ4v) is 2.21. The highest BCUT2D eigenvalue weighted by atomic mass is 16.5. The van der Waals surface area contributed by atoms with Crippen LogP contribution in [0.5, 0.6) is 5.75 Å². The van der Waals surface area contributed by atoms with Crippen molar-refractivity contribution >= 4 is 0 Å². The summed E-state index contributed by atoms with van der Waals surface area (Å²) in [4.78, 5) is 1.93. The number of benzene rings is 1. The molecule has 0 aliphatic heterocycles. The zero-order valence-corrected chi connectivity index (χ0v) is 13.5. The maximum atomic E-state index is 10.1. The lowest BCUT2D eigenvalue weighted by Crippen LogP contribution is -2.47. The molecule has 1 rings (SSSR count). The van der Waals surface area contributed by atoms with Crippen LogP contribution in [0.1, 0.15) is 12.5 Å². The first kappa shape index (κ1) is 17.9. The Morgan fingerprint density at radius 2 is 2.00 bits per heavy atom. The van der Waals surface area contributed by atoms with Gasteiger partial charge in [0.25, 0.3) is 0 Å². The molecule has 0 aliphatic carbocycles. The number of ether oxygens (including phenoxy) is 1. The van der Waals surface area contributed by atoms with Crippen molar-refractivity contribution in [3.63, 3.8) is 0 Å². The van der Waals surface area contributed by atoms with E-state index in [-0.39, 0.29) is 6.61 Å². The van der Waals surface area contributed by atoms with E-state index in [4.69, 9.17) is 4.74 Å². The first-order valence-electron chi connectivity index (χ1n) is 7.24. The third kappa shape index (κ3) is 7.43. The average molecular weight is 296 g/mol. The van der Waals surface area contributed by atoms with Gasteiger partial charge in [0.2, 0.25) is 0 Å². The van der Waals surface area contributed by atoms with E-state index in [1.54, 1.807) is 6.92 Å². The van der Waals surface area contributed by atoms with Gasteiger partial charge in [0, 0.05) is 19.6 Å². The molecule has 120 valence electrons. The molecule has 0 fully saturated rings. The molecule has 0 aliphatic rings. The van der Waals surface area contributed by atoms with Crippen molar-refractivity contribution in [1.82, 2.24) is 10.2 Å². The molecule has 3 N–H and O–H groups in total. The molecule has 1 aromatic carbocycles. The van der Waals surface area contributed by atoms with Gasteiger partial charge in [-0.15, -0.1) is 0 Å². The number of likely N-dealkylation sites (N-methyl/N-ethyl adjacent to an activating group) is 1. The van der Waals surface area contributed by atoms with Crippen molar-refractivity contribution in [2.75, 3.05) is 40.3 Å². The maximum Gasteiger partial charge on any atom is 0.122 e. The number of aliphatic hydroxyl groups is 2. The first-order chi connectivity index (χ1) is 9.80. The van der Waals surface area contributed by atoms with E-state index < -0.39 is 11.7 Å². The van der Waals surface area contributed by atoms with Gasteiger partial charge >= 0.3 is 0 Å². The minimum atomic E-state index is -0.819. The summed E-state index contributed by atoms with van der Waals surface area (Å²) in [6.07, 6.45) is -0.611. The fraction of sp³-hybridized carbons (Fsp3) is 0.625. The maximum absolute atomic E-state index is 10.1. The Kier molecular flexibility index (Phi) is 7.11. The van der Waals surface area contributed by atoms with Crippen LogP contribution >= 0.6 is 0 Å². The van der Waals surface area contributed by atoms with Crippen LogP contribution in [0, 0.1) is 6.92 Å². The molecule has 0 saturated carbocycles. The number of aryl methyl sites for hydroxylation is 1. The second kappa shape index (κ2) is 8.34. The van der Waals surface area contributed by atoms with Crippen LogP contribution < -0.4 is 10.1 Å². The lowest BCUT2D eigenvalue weighted by atomic mass is 10.1. The van der Waals surface area contributed by atoms with Crippen LogP contribution in [-0.4, -0.2) is 67.2 Å². The molecule has 1 aromatic rings. The van der Waals surface area contributed by atoms with E-state index in [0.717, 1.165) is 11.3 Å². The molecular weight excluding hydrogens is 268 g/mol. The Hall–Kier alpha value is -1.14. The summed E-state index contributed by atoms with van der Waals surface area (Å²) in [7, 11) is 3.83. The quantitative estimate of drug-likeness (QED) is 0.624. The number of nitrogens with one attached hydrogen (secondary N) is 1. The van der Waals surface area contributed by atoms with Gasteiger partial charge in [0.1, 0.15) is 18.5 Å². The smallest absolute Gasteiger partial charge is 0.122 e. The normalized spacial score (nSPS) is 15.8. The highest BCUT2D eigenvalue weighted by Crippen LogP contribution is 2.16. The number of hydrogen-bond acceptors (Lipinski definition) is 5. The second-order valence-corrected chi connectivity index (χ2v) is 6.10. The minimum Gasteiger partial charge on any atom is -0.491 e. The molecule has 5 heteroatoms. The van der Waals surface area contributed by atoms with Crippen molar-refractivity contribution in [1.29, 1.82) is 0 Å². The van der Waals surface area contributed by atoms with Gasteiger partial charge in [-0.2, -0.15) is 0 Å². The number of rotatable bonds is 9. The highest BCUT2D eigenvalue weighted by Gasteiger charge is 2.21. The van der Waals surface area contributed by atoms with Gasteiger partial charge in [-0.05, 0) is 39.6 Å². The molecule has 0 aromatic heterocycles. The van der Waals surface area contributed by atoms with Crippen LogP contribution in [0.25, 0.3) is 0 Å². The molecule has 0 spiro atoms. The summed E-state index contributed by atoms with van der Waals surface area (Å²) in [5, 5.41) is 23.1. The molecule has 0 heterocycles. The van der Waals surface area contributed by atoms with E-state index in [1.165, 1.54) is 0 Å². The fourth-order valence-electron chi connectivity index (χ4n) is 2.21. The molecule has 2 atom stereocenters. The molecule has 0 bridgehead atoms. The van der Waals surface area contributed by atoms with Crippen LogP contribution in [0.15, 0.2) is 24.3 Å². The summed E-state index contributed by atoms with van der Waals surface area (Å²) in [5.74, 6) is 0.788. The van der Waals surface area contributed by atoms with E-state index in [9.17, 15) is 10.2 Å². The van der Waals surface area contributed by atoms with E-state index in [1.807, 2.05) is 50.2 Å². The summed E-state index contributed by atoms with van der Waals surface area (Å²) in [5.41, 5.74) is 0.228. The van der Waals surface area contributed by atoms with Crippen LogP contribution in [0.3, 0.4) is 0 Å². The SMILES string of the molecule is Cc1ccccc1OCC(O)CNCC(C)(O)CN(C)C. The molecule has 21 heavy (non-hydrogen) atoms. The van der Waals surface area contributed by atoms with Crippen LogP contribution in [0.4, 0.5) is 0 Å². The molecule has 5 nitrogen and oxygen atoms in total. The number of aliphatic hydroxyl groups excluding tert-OH is 1. The predicted octanol–water partition coefficient (Wildman–Crippen LogP) is 0.637. The van der Waals surface area contributed by atoms with Crippen LogP contribution in [-0.2, 0) is 0 Å². The lowest BCUT2D eigenvalue weighted by Gasteiger charge is -2.27. The van der Waals surface area contributed by atoms with Gasteiger partial charge in [-0.25, -0.2) is 0 Å². The summed E-state index contributed by atoms with van der Waals surface area (Å²) in [6, 6.07) is 7.72. The highest BCUT2D eigenvalue weighted by molar-refractivity contribution is 5.31. The van der Waals surface area contributed by atoms with Crippen molar-refractivity contribution in [2.24, 2.45) is 0 Å². The Balaban J connectivity index is 2.25. The predicted molar refractivity (Wildman–Crippen MR) is 84.7 cm³/mol. The van der Waals surface area contributed by atoms with Gasteiger partial charge in [-0.1, -0.05) is 18.2 Å². The van der Waals surface area contributed by atoms with Gasteiger partial charge in [0.05, 0.1) is 5.60 Å². The number of hydrogen-bond donors (Lipinski definition) is 3. The summed E-state index contributed by atoms with van der Waals surface area (Å²) < 4.78 is 5.59. The largest absolute Gasteiger partial charge is 0.491 e. The molecule has 0 radical (unpaired) electrons. The Labute approximate surface area is 127 Å². The first-order valence-corrected chi connectivity index (χ1v) is 7.24. The third-order valence-corrected chi connectivity index (χ3v) is 3.07. The summed E-state index contributed by atoms with van der Waals surface area (Å²) >= 11 is 0. The van der Waals surface area contributed by atoms with Crippen molar-refractivity contribution in [3.05, 3.63) is 29.8 Å². The van der Waals surface area contributed by atoms with E-state index >= 15 is 0 Å². The summed E-state index contributed by atoms with van der Waals surface area (Å²) in [6.45, 7) is 5.35. The Morgan fingerprint density at radius 1 is 1.33 bits per heavy atom. The van der Waals surface area contributed by atoms with Gasteiger partial charge in [0.15, 0.2) is 0 Å². The van der Waals surface area contributed by atoms with Gasteiger partial charge in [-0.3, -0.25) is 0 Å².